The second kappa shape index (κ2) is 5.06. The highest BCUT2D eigenvalue weighted by Gasteiger charge is 2.08. The van der Waals surface area contributed by atoms with E-state index in [2.05, 4.69) is 5.32 Å². The van der Waals surface area contributed by atoms with Crippen LogP contribution in [-0.2, 0) is 0 Å². The Morgan fingerprint density at radius 2 is 1.74 bits per heavy atom. The number of halogens is 2. The molecule has 0 heterocycles. The molecule has 0 radical (unpaired) electrons. The molecule has 0 atom stereocenters. The number of carbonyl (C=O) groups is 1. The highest BCUT2D eigenvalue weighted by atomic mass is 19.1. The molecule has 0 bridgehead atoms. The number of carboxylic acid groups (broad SMARTS) is 1. The molecule has 2 rings (SSSR count). The van der Waals surface area contributed by atoms with Gasteiger partial charge >= 0.3 is 5.97 Å². The van der Waals surface area contributed by atoms with Crippen LogP contribution in [0.3, 0.4) is 0 Å². The van der Waals surface area contributed by atoms with Gasteiger partial charge in [-0.2, -0.15) is 0 Å². The zero-order valence-electron chi connectivity index (χ0n) is 10.1. The molecule has 0 fully saturated rings. The monoisotopic (exact) mass is 263 g/mol. The Hall–Kier alpha value is -2.43. The van der Waals surface area contributed by atoms with E-state index < -0.39 is 17.6 Å². The SMILES string of the molecule is Cc1cc(F)c(Nc2ccc(C(=O)O)cc2)cc1F. The van der Waals surface area contributed by atoms with Crippen molar-refractivity contribution in [2.24, 2.45) is 0 Å². The second-order valence-corrected chi connectivity index (χ2v) is 4.09. The lowest BCUT2D eigenvalue weighted by Crippen LogP contribution is -1.98. The van der Waals surface area contributed by atoms with Gasteiger partial charge in [-0.1, -0.05) is 0 Å². The Morgan fingerprint density at radius 1 is 1.11 bits per heavy atom. The molecule has 19 heavy (non-hydrogen) atoms. The van der Waals surface area contributed by atoms with E-state index in [1.54, 1.807) is 0 Å². The van der Waals surface area contributed by atoms with Crippen LogP contribution in [0.2, 0.25) is 0 Å². The number of nitrogens with one attached hydrogen (secondary N) is 1. The quantitative estimate of drug-likeness (QED) is 0.887. The second-order valence-electron chi connectivity index (χ2n) is 4.09. The summed E-state index contributed by atoms with van der Waals surface area (Å²) in [5, 5.41) is 11.4. The molecular formula is C14H11F2NO2. The van der Waals surface area contributed by atoms with Crippen molar-refractivity contribution in [3.8, 4) is 0 Å². The molecule has 2 aromatic rings. The first-order valence-electron chi connectivity index (χ1n) is 5.53. The predicted octanol–water partition coefficient (Wildman–Crippen LogP) is 3.72. The number of hydrogen-bond donors (Lipinski definition) is 2. The van der Waals surface area contributed by atoms with E-state index in [4.69, 9.17) is 5.11 Å². The summed E-state index contributed by atoms with van der Waals surface area (Å²) in [6, 6.07) is 7.90. The van der Waals surface area contributed by atoms with E-state index in [1.807, 2.05) is 0 Å². The molecule has 5 heteroatoms. The number of aromatic carboxylic acids is 1. The van der Waals surface area contributed by atoms with Crippen LogP contribution < -0.4 is 5.32 Å². The summed E-state index contributed by atoms with van der Waals surface area (Å²) in [5.41, 5.74) is 0.837. The maximum Gasteiger partial charge on any atom is 0.335 e. The number of hydrogen-bond acceptors (Lipinski definition) is 2. The average molecular weight is 263 g/mol. The normalized spacial score (nSPS) is 10.3. The van der Waals surface area contributed by atoms with Gasteiger partial charge in [0.1, 0.15) is 11.6 Å². The summed E-state index contributed by atoms with van der Waals surface area (Å²) in [6.45, 7) is 1.48. The van der Waals surface area contributed by atoms with Gasteiger partial charge in [0.2, 0.25) is 0 Å². The molecular weight excluding hydrogens is 252 g/mol. The van der Waals surface area contributed by atoms with Gasteiger partial charge in [-0.25, -0.2) is 13.6 Å². The summed E-state index contributed by atoms with van der Waals surface area (Å²) in [4.78, 5) is 10.7. The van der Waals surface area contributed by atoms with Crippen molar-refractivity contribution in [2.75, 3.05) is 5.32 Å². The van der Waals surface area contributed by atoms with Crippen molar-refractivity contribution >= 4 is 17.3 Å². The third-order valence-corrected chi connectivity index (χ3v) is 2.66. The summed E-state index contributed by atoms with van der Waals surface area (Å²) < 4.78 is 26.9. The van der Waals surface area contributed by atoms with Crippen LogP contribution in [0.15, 0.2) is 36.4 Å². The molecule has 0 aliphatic heterocycles. The van der Waals surface area contributed by atoms with E-state index in [9.17, 15) is 13.6 Å². The van der Waals surface area contributed by atoms with Gasteiger partial charge in [-0.3, -0.25) is 0 Å². The molecule has 0 aliphatic rings. The van der Waals surface area contributed by atoms with Crippen LogP contribution in [0.5, 0.6) is 0 Å². The molecule has 0 saturated carbocycles. The largest absolute Gasteiger partial charge is 0.478 e. The van der Waals surface area contributed by atoms with Crippen LogP contribution in [0.4, 0.5) is 20.2 Å². The minimum absolute atomic E-state index is 0.00572. The van der Waals surface area contributed by atoms with Crippen LogP contribution in [-0.4, -0.2) is 11.1 Å². The van der Waals surface area contributed by atoms with E-state index in [0.717, 1.165) is 12.1 Å². The minimum Gasteiger partial charge on any atom is -0.478 e. The highest BCUT2D eigenvalue weighted by molar-refractivity contribution is 5.88. The smallest absolute Gasteiger partial charge is 0.335 e. The first-order valence-corrected chi connectivity index (χ1v) is 5.53. The van der Waals surface area contributed by atoms with Gasteiger partial charge in [-0.05, 0) is 42.8 Å². The standard InChI is InChI=1S/C14H11F2NO2/c1-8-6-12(16)13(7-11(8)15)17-10-4-2-9(3-5-10)14(18)19/h2-7,17H,1H3,(H,18,19). The van der Waals surface area contributed by atoms with Gasteiger partial charge in [0.05, 0.1) is 11.3 Å². The van der Waals surface area contributed by atoms with E-state index >= 15 is 0 Å². The lowest BCUT2D eigenvalue weighted by atomic mass is 10.1. The van der Waals surface area contributed by atoms with Crippen LogP contribution in [0.1, 0.15) is 15.9 Å². The molecule has 98 valence electrons. The van der Waals surface area contributed by atoms with E-state index in [0.29, 0.717) is 5.69 Å². The first kappa shape index (κ1) is 13.0. The predicted molar refractivity (Wildman–Crippen MR) is 67.8 cm³/mol. The van der Waals surface area contributed by atoms with Crippen molar-refractivity contribution in [3.63, 3.8) is 0 Å². The third-order valence-electron chi connectivity index (χ3n) is 2.66. The number of aryl methyl sites for hydroxylation is 1. The van der Waals surface area contributed by atoms with E-state index in [1.165, 1.54) is 31.2 Å². The van der Waals surface area contributed by atoms with E-state index in [-0.39, 0.29) is 16.8 Å². The van der Waals surface area contributed by atoms with Gasteiger partial charge in [-0.15, -0.1) is 0 Å². The fourth-order valence-electron chi connectivity index (χ4n) is 1.59. The van der Waals surface area contributed by atoms with Crippen molar-refractivity contribution in [1.29, 1.82) is 0 Å². The molecule has 2 aromatic carbocycles. The summed E-state index contributed by atoms with van der Waals surface area (Å²) in [7, 11) is 0. The molecule has 0 saturated heterocycles. The van der Waals surface area contributed by atoms with Crippen molar-refractivity contribution in [3.05, 3.63) is 59.2 Å². The Morgan fingerprint density at radius 3 is 2.32 bits per heavy atom. The summed E-state index contributed by atoms with van der Waals surface area (Å²) in [6.07, 6.45) is 0. The summed E-state index contributed by atoms with van der Waals surface area (Å²) in [5.74, 6) is -2.12. The lowest BCUT2D eigenvalue weighted by Gasteiger charge is -2.09. The van der Waals surface area contributed by atoms with Crippen molar-refractivity contribution < 1.29 is 18.7 Å². The molecule has 0 aromatic heterocycles. The number of benzene rings is 2. The van der Waals surface area contributed by atoms with Crippen LogP contribution in [0, 0.1) is 18.6 Å². The number of carboxylic acids is 1. The topological polar surface area (TPSA) is 49.3 Å². The van der Waals surface area contributed by atoms with Gasteiger partial charge < -0.3 is 10.4 Å². The molecule has 0 spiro atoms. The number of anilines is 2. The Bertz CT molecular complexity index is 624. The van der Waals surface area contributed by atoms with Gasteiger partial charge in [0.25, 0.3) is 0 Å². The fourth-order valence-corrected chi connectivity index (χ4v) is 1.59. The van der Waals surface area contributed by atoms with Crippen LogP contribution >= 0.6 is 0 Å². The average Bonchev–Trinajstić information content (AvgIpc) is 2.36. The third kappa shape index (κ3) is 2.88. The molecule has 3 nitrogen and oxygen atoms in total. The fraction of sp³-hybridized carbons (Fsp3) is 0.0714. The highest BCUT2D eigenvalue weighted by Crippen LogP contribution is 2.23. The Kier molecular flexibility index (Phi) is 3.46. The van der Waals surface area contributed by atoms with Crippen molar-refractivity contribution in [2.45, 2.75) is 6.92 Å². The van der Waals surface area contributed by atoms with Gasteiger partial charge in [0, 0.05) is 11.8 Å². The Labute approximate surface area is 108 Å². The maximum atomic E-state index is 13.6. The van der Waals surface area contributed by atoms with Crippen molar-refractivity contribution in [1.82, 2.24) is 0 Å². The molecule has 0 unspecified atom stereocenters. The Balaban J connectivity index is 2.26. The van der Waals surface area contributed by atoms with Gasteiger partial charge in [0.15, 0.2) is 0 Å². The molecule has 2 N–H and O–H groups in total. The number of rotatable bonds is 3. The summed E-state index contributed by atoms with van der Waals surface area (Å²) >= 11 is 0. The maximum absolute atomic E-state index is 13.6. The first-order chi connectivity index (χ1) is 8.97. The molecule has 0 aliphatic carbocycles. The zero-order valence-corrected chi connectivity index (χ0v) is 10.1. The lowest BCUT2D eigenvalue weighted by molar-refractivity contribution is 0.0697. The minimum atomic E-state index is -1.04. The molecule has 0 amide bonds. The zero-order chi connectivity index (χ0) is 14.0. The van der Waals surface area contributed by atoms with Crippen LogP contribution in [0.25, 0.3) is 0 Å².